The molecule has 1 N–H and O–H groups in total. The minimum atomic E-state index is -0.298. The smallest absolute Gasteiger partial charge is 0.169 e. The lowest BCUT2D eigenvalue weighted by Gasteiger charge is -2.14. The van der Waals surface area contributed by atoms with Crippen LogP contribution in [0.1, 0.15) is 17.4 Å². The van der Waals surface area contributed by atoms with Gasteiger partial charge in [-0.15, -0.1) is 0 Å². The Balaban J connectivity index is 2.20. The van der Waals surface area contributed by atoms with Crippen LogP contribution in [0, 0.1) is 5.82 Å². The zero-order valence-corrected chi connectivity index (χ0v) is 12.1. The van der Waals surface area contributed by atoms with Crippen LogP contribution in [0.15, 0.2) is 39.4 Å². The van der Waals surface area contributed by atoms with E-state index >= 15 is 0 Å². The van der Waals surface area contributed by atoms with Crippen molar-refractivity contribution < 1.29 is 8.81 Å². The number of furan rings is 1. The third kappa shape index (κ3) is 3.13. The van der Waals surface area contributed by atoms with E-state index in [2.05, 4.69) is 21.2 Å². The SMILES string of the molecule is CNC(Cc1ccc(Cl)cc1F)c1ccc(Br)o1. The Kier molecular flexibility index (Phi) is 4.43. The van der Waals surface area contributed by atoms with E-state index in [-0.39, 0.29) is 11.9 Å². The fourth-order valence-corrected chi connectivity index (χ4v) is 2.25. The van der Waals surface area contributed by atoms with Crippen LogP contribution in [0.4, 0.5) is 4.39 Å². The lowest BCUT2D eigenvalue weighted by Crippen LogP contribution is -2.18. The van der Waals surface area contributed by atoms with Gasteiger partial charge in [0.15, 0.2) is 4.67 Å². The molecule has 1 atom stereocenters. The molecule has 18 heavy (non-hydrogen) atoms. The molecule has 0 amide bonds. The summed E-state index contributed by atoms with van der Waals surface area (Å²) in [5, 5.41) is 3.51. The van der Waals surface area contributed by atoms with Gasteiger partial charge in [-0.2, -0.15) is 0 Å². The van der Waals surface area contributed by atoms with Crippen molar-refractivity contribution in [2.75, 3.05) is 7.05 Å². The van der Waals surface area contributed by atoms with Crippen LogP contribution in [0.25, 0.3) is 0 Å². The molecule has 1 heterocycles. The van der Waals surface area contributed by atoms with Crippen molar-refractivity contribution in [2.45, 2.75) is 12.5 Å². The second-order valence-corrected chi connectivity index (χ2v) is 5.14. The van der Waals surface area contributed by atoms with Gasteiger partial charge in [-0.1, -0.05) is 17.7 Å². The van der Waals surface area contributed by atoms with Gasteiger partial charge in [-0.25, -0.2) is 4.39 Å². The molecule has 2 aromatic rings. The van der Waals surface area contributed by atoms with E-state index in [4.69, 9.17) is 16.0 Å². The predicted octanol–water partition coefficient (Wildman–Crippen LogP) is 4.34. The van der Waals surface area contributed by atoms with Gasteiger partial charge in [0.2, 0.25) is 0 Å². The summed E-state index contributed by atoms with van der Waals surface area (Å²) >= 11 is 8.98. The van der Waals surface area contributed by atoms with Crippen LogP contribution >= 0.6 is 27.5 Å². The Hall–Kier alpha value is -0.840. The van der Waals surface area contributed by atoms with E-state index in [1.807, 2.05) is 19.2 Å². The van der Waals surface area contributed by atoms with Crippen LogP contribution in [0.3, 0.4) is 0 Å². The first-order valence-electron chi connectivity index (χ1n) is 5.46. The molecule has 0 radical (unpaired) electrons. The summed E-state index contributed by atoms with van der Waals surface area (Å²) in [6.07, 6.45) is 0.499. The second-order valence-electron chi connectivity index (χ2n) is 3.92. The molecule has 0 aliphatic heterocycles. The van der Waals surface area contributed by atoms with Crippen molar-refractivity contribution in [2.24, 2.45) is 0 Å². The number of halogens is 3. The van der Waals surface area contributed by atoms with E-state index in [1.165, 1.54) is 6.07 Å². The molecule has 5 heteroatoms. The van der Waals surface area contributed by atoms with E-state index in [1.54, 1.807) is 12.1 Å². The van der Waals surface area contributed by atoms with E-state index in [0.717, 1.165) is 5.76 Å². The zero-order valence-electron chi connectivity index (χ0n) is 9.71. The summed E-state index contributed by atoms with van der Waals surface area (Å²) in [5.41, 5.74) is 0.603. The molecule has 0 saturated heterocycles. The van der Waals surface area contributed by atoms with E-state index < -0.39 is 0 Å². The van der Waals surface area contributed by atoms with Gasteiger partial charge >= 0.3 is 0 Å². The Labute approximate surface area is 118 Å². The molecular formula is C13H12BrClFNO. The fraction of sp³-hybridized carbons (Fsp3) is 0.231. The van der Waals surface area contributed by atoms with Crippen LogP contribution in [-0.2, 0) is 6.42 Å². The van der Waals surface area contributed by atoms with Gasteiger partial charge in [-0.05, 0) is 59.2 Å². The summed E-state index contributed by atoms with van der Waals surface area (Å²) in [7, 11) is 1.81. The molecule has 0 aliphatic carbocycles. The van der Waals surface area contributed by atoms with Crippen molar-refractivity contribution in [3.05, 3.63) is 57.2 Å². The first-order chi connectivity index (χ1) is 8.60. The minimum absolute atomic E-state index is 0.0769. The number of rotatable bonds is 4. The molecule has 1 aromatic carbocycles. The highest BCUT2D eigenvalue weighted by atomic mass is 79.9. The molecule has 2 rings (SSSR count). The lowest BCUT2D eigenvalue weighted by atomic mass is 10.0. The Morgan fingerprint density at radius 3 is 2.72 bits per heavy atom. The maximum absolute atomic E-state index is 13.7. The van der Waals surface area contributed by atoms with Crippen LogP contribution in [0.2, 0.25) is 5.02 Å². The Bertz CT molecular complexity index is 544. The molecular weight excluding hydrogens is 321 g/mol. The maximum Gasteiger partial charge on any atom is 0.169 e. The van der Waals surface area contributed by atoms with Crippen molar-refractivity contribution in [1.82, 2.24) is 5.32 Å². The van der Waals surface area contributed by atoms with Gasteiger partial charge in [0.25, 0.3) is 0 Å². The molecule has 1 unspecified atom stereocenters. The monoisotopic (exact) mass is 331 g/mol. The first kappa shape index (κ1) is 13.6. The molecule has 0 saturated carbocycles. The van der Waals surface area contributed by atoms with Crippen LogP contribution < -0.4 is 5.32 Å². The summed E-state index contributed by atoms with van der Waals surface area (Å²) in [5.74, 6) is 0.465. The van der Waals surface area contributed by atoms with E-state index in [9.17, 15) is 4.39 Å². The highest BCUT2D eigenvalue weighted by molar-refractivity contribution is 9.10. The second kappa shape index (κ2) is 5.87. The lowest BCUT2D eigenvalue weighted by molar-refractivity contribution is 0.413. The van der Waals surface area contributed by atoms with Crippen LogP contribution in [-0.4, -0.2) is 7.05 Å². The topological polar surface area (TPSA) is 25.2 Å². The van der Waals surface area contributed by atoms with Crippen LogP contribution in [0.5, 0.6) is 0 Å². The number of benzene rings is 1. The summed E-state index contributed by atoms with van der Waals surface area (Å²) in [4.78, 5) is 0. The summed E-state index contributed by atoms with van der Waals surface area (Å²) < 4.78 is 19.9. The van der Waals surface area contributed by atoms with Gasteiger partial charge in [0.1, 0.15) is 11.6 Å². The average molecular weight is 333 g/mol. The standard InChI is InChI=1S/C13H12BrClFNO/c1-17-11(12-4-5-13(14)18-12)6-8-2-3-9(15)7-10(8)16/h2-5,7,11,17H,6H2,1H3. The molecule has 2 nitrogen and oxygen atoms in total. The maximum atomic E-state index is 13.7. The normalized spacial score (nSPS) is 12.7. The molecule has 1 aromatic heterocycles. The summed E-state index contributed by atoms with van der Waals surface area (Å²) in [6.45, 7) is 0. The van der Waals surface area contributed by atoms with Gasteiger partial charge in [0, 0.05) is 5.02 Å². The summed E-state index contributed by atoms with van der Waals surface area (Å²) in [6, 6.07) is 8.30. The first-order valence-corrected chi connectivity index (χ1v) is 6.63. The number of likely N-dealkylation sites (N-methyl/N-ethyl adjacent to an activating group) is 1. The largest absolute Gasteiger partial charge is 0.453 e. The molecule has 0 aliphatic rings. The number of nitrogens with one attached hydrogen (secondary N) is 1. The van der Waals surface area contributed by atoms with Gasteiger partial charge in [-0.3, -0.25) is 0 Å². The third-order valence-electron chi connectivity index (χ3n) is 2.73. The Morgan fingerprint density at radius 2 is 2.17 bits per heavy atom. The van der Waals surface area contributed by atoms with Gasteiger partial charge < -0.3 is 9.73 Å². The van der Waals surface area contributed by atoms with Crippen molar-refractivity contribution in [1.29, 1.82) is 0 Å². The average Bonchev–Trinajstić information content (AvgIpc) is 2.75. The molecule has 0 bridgehead atoms. The van der Waals surface area contributed by atoms with Gasteiger partial charge in [0.05, 0.1) is 6.04 Å². The van der Waals surface area contributed by atoms with E-state index in [0.29, 0.717) is 21.7 Å². The predicted molar refractivity (Wildman–Crippen MR) is 73.3 cm³/mol. The molecule has 0 fully saturated rings. The Morgan fingerprint density at radius 1 is 1.39 bits per heavy atom. The van der Waals surface area contributed by atoms with Crippen molar-refractivity contribution in [3.8, 4) is 0 Å². The molecule has 96 valence electrons. The number of hydrogen-bond donors (Lipinski definition) is 1. The third-order valence-corrected chi connectivity index (χ3v) is 3.39. The van der Waals surface area contributed by atoms with Crippen molar-refractivity contribution >= 4 is 27.5 Å². The quantitative estimate of drug-likeness (QED) is 0.901. The number of hydrogen-bond acceptors (Lipinski definition) is 2. The highest BCUT2D eigenvalue weighted by Gasteiger charge is 2.16. The minimum Gasteiger partial charge on any atom is -0.453 e. The van der Waals surface area contributed by atoms with Crippen molar-refractivity contribution in [3.63, 3.8) is 0 Å². The zero-order chi connectivity index (χ0) is 13.1. The highest BCUT2D eigenvalue weighted by Crippen LogP contribution is 2.25. The molecule has 0 spiro atoms. The fourth-order valence-electron chi connectivity index (χ4n) is 1.77.